The molecular weight excluding hydrogens is 248 g/mol. The second-order valence-electron chi connectivity index (χ2n) is 4.79. The van der Waals surface area contributed by atoms with Gasteiger partial charge in [-0.1, -0.05) is 25.6 Å². The highest BCUT2D eigenvalue weighted by Gasteiger charge is 2.22. The molecule has 1 atom stereocenters. The number of nitrogens with zero attached hydrogens (tertiary/aromatic N) is 1. The molecule has 5 heteroatoms. The van der Waals surface area contributed by atoms with Crippen LogP contribution in [0.15, 0.2) is 0 Å². The molecule has 1 amide bonds. The normalized spacial score (nSPS) is 18.8. The number of unbranched alkanes of at least 4 members (excludes halogenated alkanes) is 1. The quantitative estimate of drug-likeness (QED) is 0.685. The van der Waals surface area contributed by atoms with Gasteiger partial charge < -0.3 is 15.4 Å². The minimum absolute atomic E-state index is 0.196. The summed E-state index contributed by atoms with van der Waals surface area (Å²) in [4.78, 5) is 14.4. The number of hydrogen-bond donors (Lipinski definition) is 1. The predicted molar refractivity (Wildman–Crippen MR) is 76.5 cm³/mol. The number of rotatable bonds is 8. The molecule has 0 aromatic heterocycles. The Bertz CT molecular complexity index is 278. The molecule has 4 nitrogen and oxygen atoms in total. The van der Waals surface area contributed by atoms with Crippen LogP contribution in [0.2, 0.25) is 0 Å². The average molecular weight is 272 g/mol. The van der Waals surface area contributed by atoms with Crippen molar-refractivity contribution in [2.45, 2.75) is 51.6 Å². The minimum Gasteiger partial charge on any atom is -0.393 e. The van der Waals surface area contributed by atoms with E-state index >= 15 is 0 Å². The Labute approximate surface area is 115 Å². The monoisotopic (exact) mass is 272 g/mol. The van der Waals surface area contributed by atoms with Gasteiger partial charge in [0.1, 0.15) is 0 Å². The van der Waals surface area contributed by atoms with Gasteiger partial charge in [-0.25, -0.2) is 0 Å². The molecule has 2 N–H and O–H groups in total. The molecule has 1 saturated heterocycles. The molecule has 1 fully saturated rings. The highest BCUT2D eigenvalue weighted by Crippen LogP contribution is 2.14. The van der Waals surface area contributed by atoms with Crippen LogP contribution in [-0.2, 0) is 9.53 Å². The van der Waals surface area contributed by atoms with Crippen molar-refractivity contribution in [3.63, 3.8) is 0 Å². The highest BCUT2D eigenvalue weighted by molar-refractivity contribution is 7.80. The third kappa shape index (κ3) is 5.78. The molecule has 1 aliphatic rings. The Morgan fingerprint density at radius 1 is 1.50 bits per heavy atom. The largest absolute Gasteiger partial charge is 0.393 e. The van der Waals surface area contributed by atoms with Crippen LogP contribution in [0.1, 0.15) is 45.4 Å². The van der Waals surface area contributed by atoms with Gasteiger partial charge in [-0.05, 0) is 19.3 Å². The second kappa shape index (κ2) is 8.43. The molecule has 1 rings (SSSR count). The Morgan fingerprint density at radius 3 is 2.83 bits per heavy atom. The van der Waals surface area contributed by atoms with Crippen LogP contribution in [0.5, 0.6) is 0 Å². The fraction of sp³-hybridized carbons (Fsp3) is 0.846. The Morgan fingerprint density at radius 2 is 2.28 bits per heavy atom. The molecule has 18 heavy (non-hydrogen) atoms. The van der Waals surface area contributed by atoms with Crippen molar-refractivity contribution in [3.05, 3.63) is 0 Å². The van der Waals surface area contributed by atoms with Crippen molar-refractivity contribution in [3.8, 4) is 0 Å². The van der Waals surface area contributed by atoms with Crippen molar-refractivity contribution in [1.29, 1.82) is 0 Å². The van der Waals surface area contributed by atoms with Crippen LogP contribution in [0.3, 0.4) is 0 Å². The fourth-order valence-corrected chi connectivity index (χ4v) is 2.17. The highest BCUT2D eigenvalue weighted by atomic mass is 32.1. The molecule has 0 bridgehead atoms. The summed E-state index contributed by atoms with van der Waals surface area (Å²) < 4.78 is 5.59. The summed E-state index contributed by atoms with van der Waals surface area (Å²) in [5.41, 5.74) is 5.51. The standard InChI is InChI=1S/C13H24N2O2S/c1-2-3-6-13(16)15(8-7-12(14)18)10-11-5-4-9-17-11/h11H,2-10H2,1H3,(H2,14,18). The zero-order chi connectivity index (χ0) is 13.4. The maximum absolute atomic E-state index is 12.1. The minimum atomic E-state index is 0.196. The lowest BCUT2D eigenvalue weighted by Gasteiger charge is -2.25. The van der Waals surface area contributed by atoms with Crippen molar-refractivity contribution in [1.82, 2.24) is 4.90 Å². The van der Waals surface area contributed by atoms with Gasteiger partial charge in [0.2, 0.25) is 5.91 Å². The van der Waals surface area contributed by atoms with Gasteiger partial charge in [-0.15, -0.1) is 0 Å². The number of carbonyl (C=O) groups excluding carboxylic acids is 1. The van der Waals surface area contributed by atoms with Gasteiger partial charge in [-0.3, -0.25) is 4.79 Å². The summed E-state index contributed by atoms with van der Waals surface area (Å²) >= 11 is 4.88. The first-order valence-corrected chi connectivity index (χ1v) is 7.22. The van der Waals surface area contributed by atoms with Crippen molar-refractivity contribution < 1.29 is 9.53 Å². The number of thiocarbonyl (C=S) groups is 1. The molecular formula is C13H24N2O2S. The third-order valence-electron chi connectivity index (χ3n) is 3.17. The molecule has 0 radical (unpaired) electrons. The first-order chi connectivity index (χ1) is 8.63. The number of ether oxygens (including phenoxy) is 1. The van der Waals surface area contributed by atoms with E-state index in [0.29, 0.717) is 30.9 Å². The van der Waals surface area contributed by atoms with E-state index in [-0.39, 0.29) is 12.0 Å². The van der Waals surface area contributed by atoms with Gasteiger partial charge in [0.25, 0.3) is 0 Å². The Hall–Kier alpha value is -0.680. The number of hydrogen-bond acceptors (Lipinski definition) is 3. The lowest BCUT2D eigenvalue weighted by Crippen LogP contribution is -2.39. The molecule has 0 aliphatic carbocycles. The fourth-order valence-electron chi connectivity index (χ4n) is 2.08. The first-order valence-electron chi connectivity index (χ1n) is 6.81. The summed E-state index contributed by atoms with van der Waals surface area (Å²) in [6.45, 7) is 4.21. The predicted octanol–water partition coefficient (Wildman–Crippen LogP) is 1.86. The van der Waals surface area contributed by atoms with Crippen LogP contribution in [0.4, 0.5) is 0 Å². The molecule has 0 spiro atoms. The summed E-state index contributed by atoms with van der Waals surface area (Å²) in [5.74, 6) is 0.198. The van der Waals surface area contributed by atoms with Crippen LogP contribution >= 0.6 is 12.2 Å². The maximum Gasteiger partial charge on any atom is 0.222 e. The summed E-state index contributed by atoms with van der Waals surface area (Å²) in [5, 5.41) is 0. The van der Waals surface area contributed by atoms with E-state index in [1.54, 1.807) is 0 Å². The zero-order valence-corrected chi connectivity index (χ0v) is 12.0. The third-order valence-corrected chi connectivity index (χ3v) is 3.38. The molecule has 1 unspecified atom stereocenters. The van der Waals surface area contributed by atoms with Gasteiger partial charge in [0, 0.05) is 32.5 Å². The van der Waals surface area contributed by atoms with Crippen molar-refractivity contribution in [2.24, 2.45) is 5.73 Å². The van der Waals surface area contributed by atoms with Crippen LogP contribution in [-0.4, -0.2) is 41.6 Å². The smallest absolute Gasteiger partial charge is 0.222 e. The van der Waals surface area contributed by atoms with E-state index in [9.17, 15) is 4.79 Å². The van der Waals surface area contributed by atoms with Gasteiger partial charge >= 0.3 is 0 Å². The van der Waals surface area contributed by atoms with Crippen LogP contribution in [0.25, 0.3) is 0 Å². The van der Waals surface area contributed by atoms with E-state index < -0.39 is 0 Å². The van der Waals surface area contributed by atoms with Crippen molar-refractivity contribution >= 4 is 23.1 Å². The molecule has 0 aromatic carbocycles. The SMILES string of the molecule is CCCCC(=O)N(CCC(N)=S)CC1CCCO1. The lowest BCUT2D eigenvalue weighted by molar-refractivity contribution is -0.132. The average Bonchev–Trinajstić information content (AvgIpc) is 2.84. The molecule has 1 heterocycles. The van der Waals surface area contributed by atoms with E-state index in [1.165, 1.54) is 0 Å². The van der Waals surface area contributed by atoms with Crippen molar-refractivity contribution in [2.75, 3.05) is 19.7 Å². The number of nitrogens with two attached hydrogens (primary N) is 1. The molecule has 0 saturated carbocycles. The van der Waals surface area contributed by atoms with Gasteiger partial charge in [0.15, 0.2) is 0 Å². The summed E-state index contributed by atoms with van der Waals surface area (Å²) in [6.07, 6.45) is 5.52. The van der Waals surface area contributed by atoms with Gasteiger partial charge in [-0.2, -0.15) is 0 Å². The van der Waals surface area contributed by atoms with E-state index in [2.05, 4.69) is 6.92 Å². The topological polar surface area (TPSA) is 55.6 Å². The number of amides is 1. The zero-order valence-electron chi connectivity index (χ0n) is 11.2. The molecule has 104 valence electrons. The first kappa shape index (κ1) is 15.4. The Kier molecular flexibility index (Phi) is 7.20. The summed E-state index contributed by atoms with van der Waals surface area (Å²) in [6, 6.07) is 0. The maximum atomic E-state index is 12.1. The molecule has 1 aliphatic heterocycles. The van der Waals surface area contributed by atoms with Gasteiger partial charge in [0.05, 0.1) is 11.1 Å². The van der Waals surface area contributed by atoms with Crippen LogP contribution in [0, 0.1) is 0 Å². The van der Waals surface area contributed by atoms with E-state index in [0.717, 1.165) is 32.3 Å². The van der Waals surface area contributed by atoms with E-state index in [4.69, 9.17) is 22.7 Å². The molecule has 0 aromatic rings. The lowest BCUT2D eigenvalue weighted by atomic mass is 10.2. The number of carbonyl (C=O) groups is 1. The van der Waals surface area contributed by atoms with E-state index in [1.807, 2.05) is 4.90 Å². The van der Waals surface area contributed by atoms with Crippen LogP contribution < -0.4 is 5.73 Å². The second-order valence-corrected chi connectivity index (χ2v) is 5.32. The summed E-state index contributed by atoms with van der Waals surface area (Å²) in [7, 11) is 0. The Balaban J connectivity index is 2.44.